The maximum absolute atomic E-state index is 4.86. The predicted octanol–water partition coefficient (Wildman–Crippen LogP) is 3.34. The molecule has 1 aliphatic heterocycles. The van der Waals surface area contributed by atoms with Gasteiger partial charge in [-0.1, -0.05) is 13.8 Å². The zero-order valence-corrected chi connectivity index (χ0v) is 16.8. The smallest absolute Gasteiger partial charge is 0.191 e. The zero-order chi connectivity index (χ0) is 17.2. The van der Waals surface area contributed by atoms with Crippen molar-refractivity contribution >= 4 is 17.7 Å². The van der Waals surface area contributed by atoms with Gasteiger partial charge in [-0.3, -0.25) is 4.99 Å². The Labute approximate surface area is 153 Å². The fourth-order valence-corrected chi connectivity index (χ4v) is 5.06. The molecule has 0 spiro atoms. The molecule has 0 aromatic rings. The summed E-state index contributed by atoms with van der Waals surface area (Å²) in [7, 11) is 0. The quantitative estimate of drug-likeness (QED) is 0.518. The summed E-state index contributed by atoms with van der Waals surface area (Å²) in [5.74, 6) is 3.15. The molecule has 2 fully saturated rings. The van der Waals surface area contributed by atoms with Crippen LogP contribution in [0.5, 0.6) is 0 Å². The van der Waals surface area contributed by atoms with Gasteiger partial charge in [0.15, 0.2) is 5.96 Å². The lowest BCUT2D eigenvalue weighted by atomic mass is 9.94. The maximum atomic E-state index is 4.86. The Hall–Kier alpha value is -0.420. The van der Waals surface area contributed by atoms with E-state index in [-0.39, 0.29) is 0 Å². The van der Waals surface area contributed by atoms with Crippen molar-refractivity contribution in [1.82, 2.24) is 15.5 Å². The first-order valence-corrected chi connectivity index (χ1v) is 11.2. The molecule has 0 amide bonds. The van der Waals surface area contributed by atoms with E-state index in [2.05, 4.69) is 48.1 Å². The molecule has 1 saturated heterocycles. The standard InChI is InChI=1S/C19H38N4S/c1-4-20-19(22-17-7-8-18(15-17)24-6-3)21-12-9-16-10-13-23(5-2)14-11-16/h16-18H,4-15H2,1-3H3,(H2,20,21,22). The van der Waals surface area contributed by atoms with Crippen LogP contribution < -0.4 is 10.6 Å². The van der Waals surface area contributed by atoms with E-state index in [1.165, 1.54) is 63.9 Å². The fourth-order valence-electron chi connectivity index (χ4n) is 3.92. The third-order valence-electron chi connectivity index (χ3n) is 5.43. The number of aliphatic imine (C=N–C) groups is 1. The van der Waals surface area contributed by atoms with Crippen molar-refractivity contribution in [2.45, 2.75) is 70.6 Å². The van der Waals surface area contributed by atoms with Gasteiger partial charge in [0.1, 0.15) is 0 Å². The summed E-state index contributed by atoms with van der Waals surface area (Å²) in [4.78, 5) is 7.42. The molecule has 4 nitrogen and oxygen atoms in total. The average Bonchev–Trinajstić information content (AvgIpc) is 3.03. The first kappa shape index (κ1) is 19.9. The average molecular weight is 355 g/mol. The van der Waals surface area contributed by atoms with E-state index < -0.39 is 0 Å². The summed E-state index contributed by atoms with van der Waals surface area (Å²) in [6.07, 6.45) is 7.88. The monoisotopic (exact) mass is 354 g/mol. The number of hydrogen-bond acceptors (Lipinski definition) is 3. The van der Waals surface area contributed by atoms with E-state index in [0.717, 1.165) is 30.2 Å². The summed E-state index contributed by atoms with van der Waals surface area (Å²) in [5, 5.41) is 7.96. The molecule has 0 radical (unpaired) electrons. The summed E-state index contributed by atoms with van der Waals surface area (Å²) in [5.41, 5.74) is 0. The third kappa shape index (κ3) is 6.83. The van der Waals surface area contributed by atoms with Crippen LogP contribution in [0.15, 0.2) is 4.99 Å². The van der Waals surface area contributed by atoms with Gasteiger partial charge in [-0.2, -0.15) is 11.8 Å². The molecular formula is C19H38N4S. The molecule has 2 atom stereocenters. The molecule has 1 aliphatic carbocycles. The molecular weight excluding hydrogens is 316 g/mol. The Balaban J connectivity index is 1.71. The van der Waals surface area contributed by atoms with Crippen molar-refractivity contribution in [2.24, 2.45) is 10.9 Å². The van der Waals surface area contributed by atoms with Crippen molar-refractivity contribution in [1.29, 1.82) is 0 Å². The number of nitrogens with one attached hydrogen (secondary N) is 2. The van der Waals surface area contributed by atoms with Gasteiger partial charge >= 0.3 is 0 Å². The van der Waals surface area contributed by atoms with Gasteiger partial charge in [0.05, 0.1) is 0 Å². The van der Waals surface area contributed by atoms with E-state index in [0.29, 0.717) is 6.04 Å². The number of guanidine groups is 1. The lowest BCUT2D eigenvalue weighted by molar-refractivity contribution is 0.188. The lowest BCUT2D eigenvalue weighted by Crippen LogP contribution is -2.42. The zero-order valence-electron chi connectivity index (χ0n) is 16.0. The Bertz CT molecular complexity index is 366. The third-order valence-corrected chi connectivity index (χ3v) is 6.67. The van der Waals surface area contributed by atoms with Crippen molar-refractivity contribution in [3.8, 4) is 0 Å². The SMILES string of the molecule is CCNC(=NCCC1CCN(CC)CC1)NC1CCC(SCC)C1. The summed E-state index contributed by atoms with van der Waals surface area (Å²) in [6, 6.07) is 0.611. The molecule has 1 saturated carbocycles. The molecule has 0 bridgehead atoms. The first-order chi connectivity index (χ1) is 11.7. The number of hydrogen-bond donors (Lipinski definition) is 2. The number of thioether (sulfide) groups is 1. The van der Waals surface area contributed by atoms with Crippen LogP contribution in [0.3, 0.4) is 0 Å². The van der Waals surface area contributed by atoms with Crippen molar-refractivity contribution in [2.75, 3.05) is 38.5 Å². The molecule has 0 aromatic heterocycles. The highest BCUT2D eigenvalue weighted by Gasteiger charge is 2.25. The fraction of sp³-hybridized carbons (Fsp3) is 0.947. The van der Waals surface area contributed by atoms with Crippen molar-refractivity contribution in [3.05, 3.63) is 0 Å². The Morgan fingerprint density at radius 3 is 2.58 bits per heavy atom. The minimum atomic E-state index is 0.611. The Kier molecular flexibility index (Phi) is 9.32. The van der Waals surface area contributed by atoms with E-state index in [1.807, 2.05) is 0 Å². The lowest BCUT2D eigenvalue weighted by Gasteiger charge is -2.30. The number of rotatable bonds is 8. The van der Waals surface area contributed by atoms with Crippen LogP contribution in [0, 0.1) is 5.92 Å². The molecule has 0 aromatic carbocycles. The Morgan fingerprint density at radius 2 is 1.92 bits per heavy atom. The highest BCUT2D eigenvalue weighted by molar-refractivity contribution is 7.99. The molecule has 2 N–H and O–H groups in total. The van der Waals surface area contributed by atoms with Gasteiger partial charge in [0.25, 0.3) is 0 Å². The highest BCUT2D eigenvalue weighted by Crippen LogP contribution is 2.29. The minimum Gasteiger partial charge on any atom is -0.357 e. The number of piperidine rings is 1. The first-order valence-electron chi connectivity index (χ1n) is 10.1. The highest BCUT2D eigenvalue weighted by atomic mass is 32.2. The molecule has 1 heterocycles. The van der Waals surface area contributed by atoms with Crippen LogP contribution in [0.25, 0.3) is 0 Å². The minimum absolute atomic E-state index is 0.611. The number of likely N-dealkylation sites (tertiary alicyclic amines) is 1. The van der Waals surface area contributed by atoms with Gasteiger partial charge in [0.2, 0.25) is 0 Å². The Morgan fingerprint density at radius 1 is 1.12 bits per heavy atom. The largest absolute Gasteiger partial charge is 0.357 e. The van der Waals surface area contributed by atoms with E-state index >= 15 is 0 Å². The molecule has 140 valence electrons. The maximum Gasteiger partial charge on any atom is 0.191 e. The molecule has 5 heteroatoms. The summed E-state index contributed by atoms with van der Waals surface area (Å²) < 4.78 is 0. The molecule has 2 aliphatic rings. The summed E-state index contributed by atoms with van der Waals surface area (Å²) >= 11 is 2.12. The molecule has 24 heavy (non-hydrogen) atoms. The van der Waals surface area contributed by atoms with Gasteiger partial charge in [-0.25, -0.2) is 0 Å². The van der Waals surface area contributed by atoms with Crippen molar-refractivity contribution < 1.29 is 0 Å². The second-order valence-corrected chi connectivity index (χ2v) is 8.74. The van der Waals surface area contributed by atoms with Crippen LogP contribution >= 0.6 is 11.8 Å². The van der Waals surface area contributed by atoms with Crippen LogP contribution in [0.1, 0.15) is 59.3 Å². The van der Waals surface area contributed by atoms with Gasteiger partial charge in [0, 0.05) is 24.4 Å². The normalized spacial score (nSPS) is 26.7. The van der Waals surface area contributed by atoms with Crippen LogP contribution in [-0.4, -0.2) is 60.6 Å². The predicted molar refractivity (Wildman–Crippen MR) is 108 cm³/mol. The van der Waals surface area contributed by atoms with Crippen molar-refractivity contribution in [3.63, 3.8) is 0 Å². The van der Waals surface area contributed by atoms with Gasteiger partial charge in [-0.05, 0) is 76.8 Å². The summed E-state index contributed by atoms with van der Waals surface area (Å²) in [6.45, 7) is 12.4. The van der Waals surface area contributed by atoms with Crippen LogP contribution in [0.4, 0.5) is 0 Å². The van der Waals surface area contributed by atoms with Gasteiger partial charge < -0.3 is 15.5 Å². The topological polar surface area (TPSA) is 39.7 Å². The van der Waals surface area contributed by atoms with E-state index in [4.69, 9.17) is 4.99 Å². The number of nitrogens with zero attached hydrogens (tertiary/aromatic N) is 2. The molecule has 2 unspecified atom stereocenters. The molecule has 2 rings (SSSR count). The van der Waals surface area contributed by atoms with Gasteiger partial charge in [-0.15, -0.1) is 0 Å². The van der Waals surface area contributed by atoms with Crippen LogP contribution in [0.2, 0.25) is 0 Å². The van der Waals surface area contributed by atoms with E-state index in [9.17, 15) is 0 Å². The second kappa shape index (κ2) is 11.2. The second-order valence-electron chi connectivity index (χ2n) is 7.16. The van der Waals surface area contributed by atoms with Crippen LogP contribution in [-0.2, 0) is 0 Å². The van der Waals surface area contributed by atoms with E-state index in [1.54, 1.807) is 0 Å².